The predicted octanol–water partition coefficient (Wildman–Crippen LogP) is 4.08. The van der Waals surface area contributed by atoms with E-state index in [1.807, 2.05) is 30.3 Å². The zero-order valence-corrected chi connectivity index (χ0v) is 13.0. The fourth-order valence-corrected chi connectivity index (χ4v) is 3.67. The van der Waals surface area contributed by atoms with Gasteiger partial charge in [0.25, 0.3) is 0 Å². The molecule has 4 rings (SSSR count). The number of nitrogens with zero attached hydrogens (tertiary/aromatic N) is 3. The van der Waals surface area contributed by atoms with Crippen LogP contribution in [0.15, 0.2) is 48.8 Å². The molecule has 2 aromatic carbocycles. The van der Waals surface area contributed by atoms with Crippen LogP contribution in [-0.2, 0) is 0 Å². The van der Waals surface area contributed by atoms with Crippen LogP contribution in [-0.4, -0.2) is 21.0 Å². The second kappa shape index (κ2) is 5.41. The van der Waals surface area contributed by atoms with Crippen molar-refractivity contribution in [3.05, 3.63) is 59.4 Å². The zero-order valence-electron chi connectivity index (χ0n) is 12.2. The van der Waals surface area contributed by atoms with Crippen molar-refractivity contribution in [1.82, 2.24) is 9.97 Å². The second-order valence-corrected chi connectivity index (χ2v) is 6.18. The Morgan fingerprint density at radius 1 is 1.08 bits per heavy atom. The van der Waals surface area contributed by atoms with Gasteiger partial charge >= 0.3 is 5.97 Å². The number of carboxylic acids is 1. The highest BCUT2D eigenvalue weighted by atomic mass is 32.1. The van der Waals surface area contributed by atoms with Crippen molar-refractivity contribution in [3.63, 3.8) is 0 Å². The van der Waals surface area contributed by atoms with E-state index in [4.69, 9.17) is 0 Å². The SMILES string of the molecule is N#Cc1ccc(-c2cncc3nc(C(=O)O)sc23)c2ccccc12. The van der Waals surface area contributed by atoms with Crippen molar-refractivity contribution in [2.75, 3.05) is 0 Å². The number of rotatable bonds is 2. The normalized spacial score (nSPS) is 10.8. The quantitative estimate of drug-likeness (QED) is 0.598. The molecule has 0 bridgehead atoms. The number of fused-ring (bicyclic) bond motifs is 2. The predicted molar refractivity (Wildman–Crippen MR) is 92.0 cm³/mol. The van der Waals surface area contributed by atoms with Gasteiger partial charge in [0.15, 0.2) is 0 Å². The first-order valence-corrected chi connectivity index (χ1v) is 7.91. The van der Waals surface area contributed by atoms with Crippen molar-refractivity contribution < 1.29 is 9.90 Å². The Hall–Kier alpha value is -3.30. The van der Waals surface area contributed by atoms with Crippen molar-refractivity contribution >= 4 is 38.3 Å². The minimum Gasteiger partial charge on any atom is -0.476 e. The molecule has 6 heteroatoms. The summed E-state index contributed by atoms with van der Waals surface area (Å²) in [7, 11) is 0. The Kier molecular flexibility index (Phi) is 3.22. The third-order valence-electron chi connectivity index (χ3n) is 3.82. The number of hydrogen-bond donors (Lipinski definition) is 1. The molecule has 2 heterocycles. The van der Waals surface area contributed by atoms with Crippen LogP contribution >= 0.6 is 11.3 Å². The molecule has 0 amide bonds. The number of carbonyl (C=O) groups is 1. The summed E-state index contributed by atoms with van der Waals surface area (Å²) in [6.07, 6.45) is 3.27. The summed E-state index contributed by atoms with van der Waals surface area (Å²) in [6.45, 7) is 0. The van der Waals surface area contributed by atoms with E-state index < -0.39 is 5.97 Å². The monoisotopic (exact) mass is 331 g/mol. The Morgan fingerprint density at radius 3 is 2.62 bits per heavy atom. The molecular formula is C18H9N3O2S. The van der Waals surface area contributed by atoms with Gasteiger partial charge in [-0.25, -0.2) is 9.78 Å². The maximum absolute atomic E-state index is 11.2. The highest BCUT2D eigenvalue weighted by Gasteiger charge is 2.16. The molecule has 5 nitrogen and oxygen atoms in total. The lowest BCUT2D eigenvalue weighted by molar-refractivity contribution is 0.0696. The molecule has 1 N–H and O–H groups in total. The van der Waals surface area contributed by atoms with Gasteiger partial charge in [-0.15, -0.1) is 11.3 Å². The summed E-state index contributed by atoms with van der Waals surface area (Å²) >= 11 is 1.13. The molecule has 114 valence electrons. The van der Waals surface area contributed by atoms with Gasteiger partial charge in [-0.1, -0.05) is 30.3 Å². The molecule has 0 aliphatic carbocycles. The minimum atomic E-state index is -1.05. The van der Waals surface area contributed by atoms with Gasteiger partial charge in [0.2, 0.25) is 5.01 Å². The van der Waals surface area contributed by atoms with Crippen LogP contribution in [0.1, 0.15) is 15.4 Å². The number of pyridine rings is 1. The molecule has 4 aromatic rings. The van der Waals surface area contributed by atoms with Crippen molar-refractivity contribution in [1.29, 1.82) is 5.26 Å². The van der Waals surface area contributed by atoms with Gasteiger partial charge in [-0.2, -0.15) is 5.26 Å². The van der Waals surface area contributed by atoms with Crippen molar-refractivity contribution in [2.24, 2.45) is 0 Å². The van der Waals surface area contributed by atoms with E-state index >= 15 is 0 Å². The van der Waals surface area contributed by atoms with Crippen LogP contribution < -0.4 is 0 Å². The zero-order chi connectivity index (χ0) is 16.7. The van der Waals surface area contributed by atoms with Crippen LogP contribution in [0.4, 0.5) is 0 Å². The topological polar surface area (TPSA) is 86.9 Å². The first-order valence-electron chi connectivity index (χ1n) is 7.09. The largest absolute Gasteiger partial charge is 0.476 e. The third kappa shape index (κ3) is 2.11. The van der Waals surface area contributed by atoms with Crippen LogP contribution in [0.3, 0.4) is 0 Å². The summed E-state index contributed by atoms with van der Waals surface area (Å²) in [5.74, 6) is -1.05. The van der Waals surface area contributed by atoms with Gasteiger partial charge in [0, 0.05) is 17.1 Å². The number of aromatic nitrogens is 2. The van der Waals surface area contributed by atoms with Gasteiger partial charge in [0.05, 0.1) is 22.5 Å². The minimum absolute atomic E-state index is 0.0391. The Morgan fingerprint density at radius 2 is 1.88 bits per heavy atom. The molecule has 0 radical (unpaired) electrons. The summed E-state index contributed by atoms with van der Waals surface area (Å²) < 4.78 is 0.775. The molecule has 24 heavy (non-hydrogen) atoms. The maximum Gasteiger partial charge on any atom is 0.365 e. The molecule has 0 aliphatic rings. The lowest BCUT2D eigenvalue weighted by atomic mass is 9.96. The van der Waals surface area contributed by atoms with Crippen LogP contribution in [0, 0.1) is 11.3 Å². The van der Waals surface area contributed by atoms with Crippen molar-refractivity contribution in [3.8, 4) is 17.2 Å². The Bertz CT molecular complexity index is 1160. The molecular weight excluding hydrogens is 322 g/mol. The average molecular weight is 331 g/mol. The number of carboxylic acid groups (broad SMARTS) is 1. The van der Waals surface area contributed by atoms with Crippen LogP contribution in [0.5, 0.6) is 0 Å². The van der Waals surface area contributed by atoms with E-state index in [-0.39, 0.29) is 5.01 Å². The first kappa shape index (κ1) is 14.3. The molecule has 0 atom stereocenters. The number of aromatic carboxylic acids is 1. The van der Waals surface area contributed by atoms with Crippen LogP contribution in [0.25, 0.3) is 32.1 Å². The standard InChI is InChI=1S/C18H9N3O2S/c19-7-10-5-6-13(12-4-2-1-3-11(10)12)14-8-20-9-15-16(14)24-17(21-15)18(22)23/h1-6,8-9H,(H,22,23). The third-order valence-corrected chi connectivity index (χ3v) is 4.91. The summed E-state index contributed by atoms with van der Waals surface area (Å²) in [5.41, 5.74) is 2.88. The summed E-state index contributed by atoms with van der Waals surface area (Å²) in [4.78, 5) is 19.5. The van der Waals surface area contributed by atoms with E-state index in [1.165, 1.54) is 0 Å². The number of nitriles is 1. The molecule has 0 saturated heterocycles. The van der Waals surface area contributed by atoms with E-state index in [2.05, 4.69) is 16.0 Å². The van der Waals surface area contributed by atoms with E-state index in [0.29, 0.717) is 11.1 Å². The number of hydrogen-bond acceptors (Lipinski definition) is 5. The second-order valence-electron chi connectivity index (χ2n) is 5.18. The molecule has 0 unspecified atom stereocenters. The molecule has 0 saturated carbocycles. The highest BCUT2D eigenvalue weighted by Crippen LogP contribution is 2.36. The molecule has 0 aliphatic heterocycles. The molecule has 0 spiro atoms. The van der Waals surface area contributed by atoms with Crippen molar-refractivity contribution in [2.45, 2.75) is 0 Å². The average Bonchev–Trinajstić information content (AvgIpc) is 3.05. The highest BCUT2D eigenvalue weighted by molar-refractivity contribution is 7.20. The lowest BCUT2D eigenvalue weighted by Gasteiger charge is -2.08. The van der Waals surface area contributed by atoms with Gasteiger partial charge in [-0.05, 0) is 17.0 Å². The maximum atomic E-state index is 11.2. The number of benzene rings is 2. The Balaban J connectivity index is 2.07. The molecule has 2 aromatic heterocycles. The lowest BCUT2D eigenvalue weighted by Crippen LogP contribution is -1.93. The number of thiazole rings is 1. The fourth-order valence-electron chi connectivity index (χ4n) is 2.77. The van der Waals surface area contributed by atoms with Gasteiger partial charge in [-0.3, -0.25) is 4.98 Å². The summed E-state index contributed by atoms with van der Waals surface area (Å²) in [5, 5.41) is 20.3. The summed E-state index contributed by atoms with van der Waals surface area (Å²) in [6, 6.07) is 13.5. The van der Waals surface area contributed by atoms with E-state index in [0.717, 1.165) is 37.9 Å². The van der Waals surface area contributed by atoms with Gasteiger partial charge < -0.3 is 5.11 Å². The van der Waals surface area contributed by atoms with E-state index in [1.54, 1.807) is 18.5 Å². The first-order chi connectivity index (χ1) is 11.7. The van der Waals surface area contributed by atoms with E-state index in [9.17, 15) is 15.2 Å². The fraction of sp³-hybridized carbons (Fsp3) is 0. The van der Waals surface area contributed by atoms with Gasteiger partial charge in [0.1, 0.15) is 5.52 Å². The smallest absolute Gasteiger partial charge is 0.365 e. The molecule has 0 fully saturated rings. The van der Waals surface area contributed by atoms with Crippen LogP contribution in [0.2, 0.25) is 0 Å². The Labute approximate surface area is 140 Å².